The third-order valence-corrected chi connectivity index (χ3v) is 4.34. The lowest BCUT2D eigenvalue weighted by molar-refractivity contribution is 0.347. The van der Waals surface area contributed by atoms with Gasteiger partial charge in [0, 0.05) is 24.0 Å². The zero-order chi connectivity index (χ0) is 11.1. The van der Waals surface area contributed by atoms with Crippen LogP contribution in [-0.4, -0.2) is 11.4 Å². The summed E-state index contributed by atoms with van der Waals surface area (Å²) in [6.45, 7) is 1.15. The van der Waals surface area contributed by atoms with E-state index < -0.39 is 0 Å². The average Bonchev–Trinajstić information content (AvgIpc) is 3.07. The molecule has 2 N–H and O–H groups in total. The second-order valence-electron chi connectivity index (χ2n) is 4.64. The summed E-state index contributed by atoms with van der Waals surface area (Å²) < 4.78 is 0. The molecular weight excluding hydrogens is 264 g/mol. The van der Waals surface area contributed by atoms with Crippen LogP contribution in [0.5, 0.6) is 0 Å². The maximum absolute atomic E-state index is 5.97. The summed E-state index contributed by atoms with van der Waals surface area (Å²) in [7, 11) is 0. The van der Waals surface area contributed by atoms with Crippen LogP contribution in [0.3, 0.4) is 0 Å². The van der Waals surface area contributed by atoms with Gasteiger partial charge in [-0.25, -0.2) is 0 Å². The number of alkyl halides is 1. The standard InChI is InChI=1S/C13H15BrN2/c14-13-11-2-1-3-12(15)10(11)6-7-16(13)8-9-4-5-9/h1-3,6-7,9,13H,4-5,8,15H2. The summed E-state index contributed by atoms with van der Waals surface area (Å²) in [6.07, 6.45) is 7.06. The van der Waals surface area contributed by atoms with Crippen molar-refractivity contribution in [1.82, 2.24) is 4.90 Å². The first-order chi connectivity index (χ1) is 7.75. The van der Waals surface area contributed by atoms with E-state index in [-0.39, 0.29) is 4.95 Å². The van der Waals surface area contributed by atoms with E-state index in [9.17, 15) is 0 Å². The van der Waals surface area contributed by atoms with Crippen molar-refractivity contribution in [1.29, 1.82) is 0 Å². The van der Waals surface area contributed by atoms with E-state index >= 15 is 0 Å². The summed E-state index contributed by atoms with van der Waals surface area (Å²) in [6, 6.07) is 6.13. The number of nitrogen functional groups attached to an aromatic ring is 1. The van der Waals surface area contributed by atoms with Crippen molar-refractivity contribution in [2.24, 2.45) is 5.92 Å². The zero-order valence-corrected chi connectivity index (χ0v) is 10.7. The van der Waals surface area contributed by atoms with Crippen molar-refractivity contribution in [3.8, 4) is 0 Å². The van der Waals surface area contributed by atoms with Crippen molar-refractivity contribution in [3.05, 3.63) is 35.5 Å². The van der Waals surface area contributed by atoms with Gasteiger partial charge in [-0.1, -0.05) is 28.1 Å². The molecule has 2 nitrogen and oxygen atoms in total. The Morgan fingerprint density at radius 2 is 2.19 bits per heavy atom. The molecule has 0 aromatic heterocycles. The Kier molecular flexibility index (Phi) is 2.43. The van der Waals surface area contributed by atoms with E-state index in [0.29, 0.717) is 0 Å². The van der Waals surface area contributed by atoms with Crippen LogP contribution in [0.2, 0.25) is 0 Å². The van der Waals surface area contributed by atoms with Crippen molar-refractivity contribution in [2.75, 3.05) is 12.3 Å². The molecule has 0 spiro atoms. The number of nitrogens with zero attached hydrogens (tertiary/aromatic N) is 1. The quantitative estimate of drug-likeness (QED) is 0.511. The summed E-state index contributed by atoms with van der Waals surface area (Å²) in [5, 5.41) is 0. The number of hydrogen-bond acceptors (Lipinski definition) is 2. The molecule has 1 fully saturated rings. The van der Waals surface area contributed by atoms with Gasteiger partial charge in [-0.3, -0.25) is 0 Å². The Hall–Kier alpha value is -0.960. The van der Waals surface area contributed by atoms with Crippen molar-refractivity contribution >= 4 is 27.7 Å². The Morgan fingerprint density at radius 1 is 1.38 bits per heavy atom. The third-order valence-electron chi connectivity index (χ3n) is 3.32. The fourth-order valence-corrected chi connectivity index (χ4v) is 2.88. The highest BCUT2D eigenvalue weighted by molar-refractivity contribution is 9.09. The van der Waals surface area contributed by atoms with E-state index in [0.717, 1.165) is 23.7 Å². The highest BCUT2D eigenvalue weighted by atomic mass is 79.9. The highest BCUT2D eigenvalue weighted by Crippen LogP contribution is 2.40. The monoisotopic (exact) mass is 278 g/mol. The average molecular weight is 279 g/mol. The SMILES string of the molecule is Nc1cccc2c1C=CN(CC1CC1)C2Br. The second kappa shape index (κ2) is 3.81. The first kappa shape index (κ1) is 10.2. The van der Waals surface area contributed by atoms with Gasteiger partial charge < -0.3 is 10.6 Å². The summed E-state index contributed by atoms with van der Waals surface area (Å²) in [5.74, 6) is 0.896. The lowest BCUT2D eigenvalue weighted by Crippen LogP contribution is -2.25. The number of rotatable bonds is 2. The number of fused-ring (bicyclic) bond motifs is 1. The van der Waals surface area contributed by atoms with Crippen LogP contribution in [0.25, 0.3) is 6.08 Å². The van der Waals surface area contributed by atoms with Crippen LogP contribution in [0, 0.1) is 5.92 Å². The molecule has 1 heterocycles. The number of hydrogen-bond donors (Lipinski definition) is 1. The van der Waals surface area contributed by atoms with Gasteiger partial charge in [-0.05, 0) is 36.5 Å². The minimum Gasteiger partial charge on any atom is -0.398 e. The summed E-state index contributed by atoms with van der Waals surface area (Å²) in [5.41, 5.74) is 9.28. The summed E-state index contributed by atoms with van der Waals surface area (Å²) >= 11 is 3.76. The van der Waals surface area contributed by atoms with Crippen LogP contribution < -0.4 is 5.73 Å². The highest BCUT2D eigenvalue weighted by Gasteiger charge is 2.28. The Morgan fingerprint density at radius 3 is 2.94 bits per heavy atom. The van der Waals surface area contributed by atoms with Crippen molar-refractivity contribution in [3.63, 3.8) is 0 Å². The molecule has 0 radical (unpaired) electrons. The van der Waals surface area contributed by atoms with Crippen LogP contribution in [0.1, 0.15) is 28.9 Å². The Labute approximate surface area is 104 Å². The van der Waals surface area contributed by atoms with Gasteiger partial charge in [0.25, 0.3) is 0 Å². The minimum atomic E-state index is 0.275. The number of halogens is 1. The molecule has 1 atom stereocenters. The molecule has 0 amide bonds. The molecule has 1 aliphatic carbocycles. The first-order valence-electron chi connectivity index (χ1n) is 5.72. The largest absolute Gasteiger partial charge is 0.398 e. The van der Waals surface area contributed by atoms with Crippen LogP contribution >= 0.6 is 15.9 Å². The molecule has 1 aromatic rings. The molecule has 1 aliphatic heterocycles. The third kappa shape index (κ3) is 1.73. The maximum Gasteiger partial charge on any atom is 0.110 e. The lowest BCUT2D eigenvalue weighted by Gasteiger charge is -2.31. The molecule has 1 aromatic carbocycles. The molecule has 2 aliphatic rings. The fraction of sp³-hybridized carbons (Fsp3) is 0.385. The minimum absolute atomic E-state index is 0.275. The predicted octanol–water partition coefficient (Wildman–Crippen LogP) is 3.36. The van der Waals surface area contributed by atoms with E-state index in [2.05, 4.69) is 39.2 Å². The van der Waals surface area contributed by atoms with Crippen molar-refractivity contribution in [2.45, 2.75) is 17.8 Å². The molecule has 3 rings (SSSR count). The maximum atomic E-state index is 5.97. The van der Waals surface area contributed by atoms with E-state index in [4.69, 9.17) is 5.73 Å². The number of nitrogens with two attached hydrogens (primary N) is 1. The van der Waals surface area contributed by atoms with Crippen LogP contribution in [0.4, 0.5) is 5.69 Å². The molecule has 0 saturated heterocycles. The summed E-state index contributed by atoms with van der Waals surface area (Å²) in [4.78, 5) is 2.64. The van der Waals surface area contributed by atoms with E-state index in [1.807, 2.05) is 12.1 Å². The van der Waals surface area contributed by atoms with Gasteiger partial charge in [-0.2, -0.15) is 0 Å². The van der Waals surface area contributed by atoms with Gasteiger partial charge in [0.05, 0.1) is 0 Å². The molecule has 1 saturated carbocycles. The fourth-order valence-electron chi connectivity index (χ4n) is 2.18. The Balaban J connectivity index is 1.91. The smallest absolute Gasteiger partial charge is 0.110 e. The van der Waals surface area contributed by atoms with Crippen LogP contribution in [-0.2, 0) is 0 Å². The molecule has 1 unspecified atom stereocenters. The Bertz CT molecular complexity index is 438. The topological polar surface area (TPSA) is 29.3 Å². The second-order valence-corrected chi connectivity index (χ2v) is 5.51. The predicted molar refractivity (Wildman–Crippen MR) is 71.0 cm³/mol. The molecule has 16 heavy (non-hydrogen) atoms. The molecule has 3 heteroatoms. The van der Waals surface area contributed by atoms with E-state index in [1.54, 1.807) is 0 Å². The van der Waals surface area contributed by atoms with Gasteiger partial charge in [0.2, 0.25) is 0 Å². The lowest BCUT2D eigenvalue weighted by atomic mass is 10.0. The molecular formula is C13H15BrN2. The van der Waals surface area contributed by atoms with E-state index in [1.165, 1.54) is 18.4 Å². The van der Waals surface area contributed by atoms with Gasteiger partial charge in [-0.15, -0.1) is 0 Å². The molecule has 0 bridgehead atoms. The van der Waals surface area contributed by atoms with Crippen molar-refractivity contribution < 1.29 is 0 Å². The normalized spacial score (nSPS) is 23.3. The number of anilines is 1. The molecule has 84 valence electrons. The van der Waals surface area contributed by atoms with Gasteiger partial charge in [0.1, 0.15) is 4.95 Å². The van der Waals surface area contributed by atoms with Gasteiger partial charge >= 0.3 is 0 Å². The number of benzene rings is 1. The first-order valence-corrected chi connectivity index (χ1v) is 6.63. The van der Waals surface area contributed by atoms with Gasteiger partial charge in [0.15, 0.2) is 0 Å². The van der Waals surface area contributed by atoms with Crippen LogP contribution in [0.15, 0.2) is 24.4 Å². The zero-order valence-electron chi connectivity index (χ0n) is 9.07.